The third kappa shape index (κ3) is 33.6. The first-order chi connectivity index (χ1) is 63.3. The smallest absolute Gasteiger partial charge is 0.299 e. The molecule has 0 atom stereocenters. The van der Waals surface area contributed by atoms with Gasteiger partial charge in [-0.05, 0) is 166 Å². The number of ether oxygens (including phenoxy) is 4. The van der Waals surface area contributed by atoms with Crippen molar-refractivity contribution in [1.29, 1.82) is 0 Å². The van der Waals surface area contributed by atoms with Crippen LogP contribution in [0.25, 0.3) is 0 Å². The van der Waals surface area contributed by atoms with E-state index < -0.39 is 77.3 Å². The van der Waals surface area contributed by atoms with Crippen molar-refractivity contribution in [3.05, 3.63) is 169 Å². The first-order valence-electron chi connectivity index (χ1n) is 44.3. The van der Waals surface area contributed by atoms with Crippen LogP contribution in [-0.4, -0.2) is 148 Å². The van der Waals surface area contributed by atoms with Crippen LogP contribution in [0.5, 0.6) is 23.0 Å². The SMILES string of the molecule is CCCCCCCCCCCCCC(=O)Nc1ccc(N=C2NN(c3c(Cl)cc(Cl)cc3Cl)C(=O)C2=Nc2cc(C)c(NCCS(N)(=O)=O)cc2Cl)c(Cl)c1.CCCCCCCCOc1ccc(CCCCCCCC)cc1S(=O)(=O)Nc1cc(S(=O)(=O)NCCc2nc3n(n2)N=C(OCC)C3=Nc2ccc(NCCS(N)(=O)=O)c(C)c2)c(Oc2ccc(OC)cc2)cc1S(=O)(=O)O. The molecule has 0 unspecified atom stereocenters. The number of carbonyl (C=O) groups excluding carboxylic acids is 2. The molecule has 33 nitrogen and oxygen atoms in total. The summed E-state index contributed by atoms with van der Waals surface area (Å²) in [5.41, 5.74) is 7.21. The number of halogens is 5. The zero-order valence-electron chi connectivity index (χ0n) is 75.4. The van der Waals surface area contributed by atoms with E-state index in [1.54, 1.807) is 74.5 Å². The number of nitrogens with zero attached hydrogens (tertiary/aromatic N) is 8. The van der Waals surface area contributed by atoms with Gasteiger partial charge in [-0.25, -0.2) is 73.6 Å². The lowest BCUT2D eigenvalue weighted by atomic mass is 10.0. The van der Waals surface area contributed by atoms with Gasteiger partial charge in [0.05, 0.1) is 74.7 Å². The molecule has 3 heterocycles. The lowest BCUT2D eigenvalue weighted by Gasteiger charge is -2.19. The molecule has 0 radical (unpaired) electrons. The number of methoxy groups -OCH3 is 1. The molecule has 0 bridgehead atoms. The number of hydrogen-bond acceptors (Lipinski definition) is 24. The average molecular weight is 2030 g/mol. The minimum Gasteiger partial charge on any atom is -0.497 e. The number of aromatic nitrogens is 3. The Kier molecular flexibility index (Phi) is 41.7. The number of primary sulfonamides is 2. The van der Waals surface area contributed by atoms with E-state index >= 15 is 0 Å². The van der Waals surface area contributed by atoms with Crippen molar-refractivity contribution in [2.75, 3.05) is 77.1 Å². The summed E-state index contributed by atoms with van der Waals surface area (Å²) in [6, 6.07) is 28.4. The third-order valence-corrected chi connectivity index (χ3v) is 27.8. The zero-order valence-corrected chi connectivity index (χ0v) is 83.3. The fourth-order valence-electron chi connectivity index (χ4n) is 14.1. The Morgan fingerprint density at radius 2 is 1.11 bits per heavy atom. The number of hydrazine groups is 1. The summed E-state index contributed by atoms with van der Waals surface area (Å²) in [5, 5.41) is 29.9. The van der Waals surface area contributed by atoms with Crippen molar-refractivity contribution in [1.82, 2.24) is 25.0 Å². The van der Waals surface area contributed by atoms with E-state index in [2.05, 4.69) is 76.8 Å². The van der Waals surface area contributed by atoms with E-state index in [-0.39, 0.29) is 150 Å². The number of aliphatic imine (C=N–C) groups is 3. The molecule has 43 heteroatoms. The Bertz CT molecular complexity index is 6090. The van der Waals surface area contributed by atoms with Gasteiger partial charge in [0.2, 0.25) is 41.8 Å². The van der Waals surface area contributed by atoms with Gasteiger partial charge in [0, 0.05) is 60.6 Å². The summed E-state index contributed by atoms with van der Waals surface area (Å²) < 4.78 is 169. The standard InChI is InChI=1S/C52H71N9O13S4.C38H46Cl5N7O4S/c1-6-9-11-13-15-17-19-38-20-27-44(73-31-18-16-14-12-10-7-2)47(34-38)77(66,67)60-43-35-48(45(36-46(43)78(68,69)70)74-41-24-22-40(71-5)23-25-41)76(64,65)55-29-28-49-57-51-50(52(72-8-3)59-61(51)58-49)56-39-21-26-42(37(4)33-39)54-30-32-75(53,62)63;1-3-4-5-6-7-8-9-10-11-12-13-14-34(51)46-26-15-16-31(27(40)22-26)48-37-35(38(52)50(49-37)36-29(42)20-25(39)21-30(36)43)47-33-19-24(2)32(23-28(33)41)45-17-18-55(44,53)54/h20-27,33-36,54-55,60H,6-19,28-32H2,1-5H3,(H2,53,62,63)(H,68,69,70);15-16,19-23,45H,3-14,17-18H2,1-2H3,(H,46,51)(H,48,49)(H2,44,53,54). The summed E-state index contributed by atoms with van der Waals surface area (Å²) in [6.07, 6.45) is 26.0. The Morgan fingerprint density at radius 1 is 0.534 bits per heavy atom. The average Bonchev–Trinajstić information content (AvgIpc) is 1.75. The first kappa shape index (κ1) is 107. The first-order valence-corrected chi connectivity index (χ1v) is 54.0. The van der Waals surface area contributed by atoms with Crippen LogP contribution in [0.2, 0.25) is 25.1 Å². The molecule has 133 heavy (non-hydrogen) atoms. The zero-order chi connectivity index (χ0) is 96.6. The maximum absolute atomic E-state index is 14.6. The molecule has 2 aliphatic rings. The number of amides is 2. The number of anilines is 5. The van der Waals surface area contributed by atoms with Gasteiger partial charge in [-0.2, -0.15) is 8.42 Å². The Balaban J connectivity index is 0.000000318. The number of benzene rings is 7. The minimum atomic E-state index is -5.29. The fourth-order valence-corrected chi connectivity index (χ4v) is 19.5. The van der Waals surface area contributed by atoms with Gasteiger partial charge in [-0.3, -0.25) is 24.3 Å². The van der Waals surface area contributed by atoms with Crippen LogP contribution in [0, 0.1) is 13.8 Å². The van der Waals surface area contributed by atoms with Crippen LogP contribution in [0.3, 0.4) is 0 Å². The second-order valence-corrected chi connectivity index (χ2v) is 42.2. The van der Waals surface area contributed by atoms with E-state index in [4.69, 9.17) is 92.2 Å². The quantitative estimate of drug-likeness (QED) is 0.0126. The normalized spacial score (nSPS) is 13.8. The molecule has 1 saturated heterocycles. The fraction of sp³-hybridized carbons (Fsp3) is 0.444. The highest BCUT2D eigenvalue weighted by molar-refractivity contribution is 7.93. The number of amidine groups is 1. The van der Waals surface area contributed by atoms with Crippen molar-refractivity contribution >= 4 is 189 Å². The molecule has 1 fully saturated rings. The van der Waals surface area contributed by atoms with Crippen LogP contribution in [0.4, 0.5) is 45.5 Å². The number of unbranched alkanes of at least 4 members (excludes halogenated alkanes) is 20. The molecular weight excluding hydrogens is 1910 g/mol. The van der Waals surface area contributed by atoms with E-state index in [0.717, 1.165) is 113 Å². The Hall–Kier alpha value is -9.26. The maximum Gasteiger partial charge on any atom is 0.299 e. The molecule has 1 aromatic heterocycles. The topological polar surface area (TPSA) is 470 Å². The highest BCUT2D eigenvalue weighted by Gasteiger charge is 2.39. The summed E-state index contributed by atoms with van der Waals surface area (Å²) in [7, 11) is -20.7. The molecule has 11 N–H and O–H groups in total. The number of nitrogens with one attached hydrogen (secondary N) is 6. The number of aryl methyl sites for hydroxylation is 3. The van der Waals surface area contributed by atoms with Gasteiger partial charge in [0.1, 0.15) is 43.4 Å². The van der Waals surface area contributed by atoms with Crippen molar-refractivity contribution < 1.29 is 75.2 Å². The van der Waals surface area contributed by atoms with Gasteiger partial charge in [0.25, 0.3) is 31.9 Å². The van der Waals surface area contributed by atoms with Crippen LogP contribution in [-0.2, 0) is 77.4 Å². The number of hydrogen-bond donors (Lipinski definition) is 9. The van der Waals surface area contributed by atoms with Crippen LogP contribution in [0.15, 0.2) is 150 Å². The van der Waals surface area contributed by atoms with Crippen molar-refractivity contribution in [2.24, 2.45) is 30.4 Å². The lowest BCUT2D eigenvalue weighted by Crippen LogP contribution is -2.36. The highest BCUT2D eigenvalue weighted by Crippen LogP contribution is 2.42. The second-order valence-electron chi connectivity index (χ2n) is 31.9. The molecule has 2 amide bonds. The van der Waals surface area contributed by atoms with Gasteiger partial charge >= 0.3 is 0 Å². The molecule has 724 valence electrons. The lowest BCUT2D eigenvalue weighted by molar-refractivity contribution is -0.116. The highest BCUT2D eigenvalue weighted by atomic mass is 35.5. The predicted octanol–water partition coefficient (Wildman–Crippen LogP) is 19.6. The van der Waals surface area contributed by atoms with E-state index in [1.807, 2.05) is 6.92 Å². The van der Waals surface area contributed by atoms with Crippen molar-refractivity contribution in [2.45, 2.75) is 223 Å². The molecule has 10 rings (SSSR count). The van der Waals surface area contributed by atoms with Crippen LogP contribution in [0.1, 0.15) is 210 Å². The molecule has 0 saturated carbocycles. The maximum atomic E-state index is 14.6. The monoisotopic (exact) mass is 2030 g/mol. The predicted molar refractivity (Wildman–Crippen MR) is 530 cm³/mol. The molecule has 0 spiro atoms. The van der Waals surface area contributed by atoms with E-state index in [1.165, 1.54) is 106 Å². The van der Waals surface area contributed by atoms with Gasteiger partial charge in [0.15, 0.2) is 23.1 Å². The second kappa shape index (κ2) is 51.6. The number of sulfonamides is 4. The molecular formula is C90H117Cl5N16O17S5. The minimum absolute atomic E-state index is 0.00587. The Morgan fingerprint density at radius 3 is 1.71 bits per heavy atom. The van der Waals surface area contributed by atoms with Crippen molar-refractivity contribution in [3.8, 4) is 23.0 Å². The largest absolute Gasteiger partial charge is 0.497 e. The van der Waals surface area contributed by atoms with E-state index in [9.17, 15) is 56.2 Å². The molecule has 2 aliphatic heterocycles. The molecule has 7 aromatic carbocycles. The molecule has 8 aromatic rings. The summed E-state index contributed by atoms with van der Waals surface area (Å²) in [4.78, 5) is 44.4. The van der Waals surface area contributed by atoms with Gasteiger partial charge in [-0.15, -0.1) is 15.0 Å². The van der Waals surface area contributed by atoms with Crippen molar-refractivity contribution in [3.63, 3.8) is 0 Å². The number of nitrogens with two attached hydrogens (primary N) is 2. The van der Waals surface area contributed by atoms with Gasteiger partial charge < -0.3 is 34.9 Å². The summed E-state index contributed by atoms with van der Waals surface area (Å²) in [6.45, 7) is 12.1. The third-order valence-electron chi connectivity index (χ3n) is 21.1. The van der Waals surface area contributed by atoms with Crippen LogP contribution < -0.4 is 60.3 Å². The molecule has 0 aliphatic carbocycles. The summed E-state index contributed by atoms with van der Waals surface area (Å²) in [5.74, 6) is -0.910. The Labute approximate surface area is 805 Å². The van der Waals surface area contributed by atoms with Gasteiger partial charge in [-0.1, -0.05) is 213 Å². The number of rotatable bonds is 53. The number of fused-ring (bicyclic) bond motifs is 1. The number of carbonyl (C=O) groups is 2. The van der Waals surface area contributed by atoms with Crippen LogP contribution >= 0.6 is 58.0 Å². The summed E-state index contributed by atoms with van der Waals surface area (Å²) >= 11 is 32.4. The van der Waals surface area contributed by atoms with E-state index in [0.29, 0.717) is 58.9 Å².